The number of benzene rings is 3. The summed E-state index contributed by atoms with van der Waals surface area (Å²) in [5.41, 5.74) is 2.17. The van der Waals surface area contributed by atoms with Crippen LogP contribution in [0.1, 0.15) is 22.3 Å². The molecule has 0 fully saturated rings. The van der Waals surface area contributed by atoms with Gasteiger partial charge in [0.25, 0.3) is 11.8 Å². The molecule has 0 heterocycles. The van der Waals surface area contributed by atoms with Crippen molar-refractivity contribution >= 4 is 17.5 Å². The molecule has 0 unspecified atom stereocenters. The van der Waals surface area contributed by atoms with Crippen LogP contribution in [0.4, 0.5) is 5.69 Å². The fraction of sp³-hybridized carbons (Fsp3) is 0.259. The highest BCUT2D eigenvalue weighted by Gasteiger charge is 2.13. The Morgan fingerprint density at radius 1 is 0.800 bits per heavy atom. The van der Waals surface area contributed by atoms with Crippen molar-refractivity contribution in [2.24, 2.45) is 0 Å². The highest BCUT2D eigenvalue weighted by atomic mass is 16.5. The highest BCUT2D eigenvalue weighted by molar-refractivity contribution is 5.95. The zero-order valence-corrected chi connectivity index (χ0v) is 20.1. The number of hydrogen-bond acceptors (Lipinski definition) is 6. The molecule has 3 aromatic rings. The molecule has 0 saturated heterocycles. The first kappa shape index (κ1) is 25.4. The molecule has 0 atom stereocenters. The summed E-state index contributed by atoms with van der Waals surface area (Å²) >= 11 is 0. The molecule has 0 aliphatic heterocycles. The Balaban J connectivity index is 1.49. The number of nitrogens with one attached hydrogen (secondary N) is 2. The number of rotatable bonds is 12. The van der Waals surface area contributed by atoms with E-state index in [0.29, 0.717) is 35.0 Å². The number of para-hydroxylation sites is 2. The predicted octanol–water partition coefficient (Wildman–Crippen LogP) is 4.09. The van der Waals surface area contributed by atoms with Gasteiger partial charge in [0.15, 0.2) is 18.1 Å². The Hall–Kier alpha value is -4.20. The van der Waals surface area contributed by atoms with E-state index in [-0.39, 0.29) is 18.4 Å². The molecule has 8 heteroatoms. The maximum Gasteiger partial charge on any atom is 0.262 e. The summed E-state index contributed by atoms with van der Waals surface area (Å²) in [7, 11) is 4.65. The summed E-state index contributed by atoms with van der Waals surface area (Å²) in [5, 5.41) is 5.66. The standard InChI is InChI=1S/C27H30N2O6/c1-32-21-13-10-19(11-14-21)7-6-16-28-27(31)20-12-15-24(25(17-20)34-3)35-18-26(30)29-22-8-4-5-9-23(22)33-2/h4-5,8-15,17H,6-7,16,18H2,1-3H3,(H,28,31)(H,29,30). The van der Waals surface area contributed by atoms with Crippen LogP contribution < -0.4 is 29.6 Å². The highest BCUT2D eigenvalue weighted by Crippen LogP contribution is 2.28. The van der Waals surface area contributed by atoms with Gasteiger partial charge < -0.3 is 29.6 Å². The maximum atomic E-state index is 12.5. The van der Waals surface area contributed by atoms with Crippen molar-refractivity contribution in [1.29, 1.82) is 0 Å². The largest absolute Gasteiger partial charge is 0.497 e. The summed E-state index contributed by atoms with van der Waals surface area (Å²) in [6.07, 6.45) is 1.65. The normalized spacial score (nSPS) is 10.3. The Bertz CT molecular complexity index is 1130. The number of methoxy groups -OCH3 is 3. The van der Waals surface area contributed by atoms with Crippen LogP contribution in [0.15, 0.2) is 66.7 Å². The summed E-state index contributed by atoms with van der Waals surface area (Å²) in [6.45, 7) is 0.305. The van der Waals surface area contributed by atoms with Crippen molar-refractivity contribution in [3.05, 3.63) is 77.9 Å². The van der Waals surface area contributed by atoms with Crippen molar-refractivity contribution in [3.8, 4) is 23.0 Å². The average Bonchev–Trinajstić information content (AvgIpc) is 2.90. The Morgan fingerprint density at radius 2 is 1.54 bits per heavy atom. The molecular weight excluding hydrogens is 448 g/mol. The van der Waals surface area contributed by atoms with E-state index in [4.69, 9.17) is 18.9 Å². The fourth-order valence-electron chi connectivity index (χ4n) is 3.39. The molecular formula is C27H30N2O6. The van der Waals surface area contributed by atoms with Crippen molar-refractivity contribution < 1.29 is 28.5 Å². The second-order valence-corrected chi connectivity index (χ2v) is 7.61. The zero-order valence-electron chi connectivity index (χ0n) is 20.1. The molecule has 3 rings (SSSR count). The number of amides is 2. The predicted molar refractivity (Wildman–Crippen MR) is 134 cm³/mol. The van der Waals surface area contributed by atoms with Crippen molar-refractivity contribution in [2.45, 2.75) is 12.8 Å². The van der Waals surface area contributed by atoms with E-state index in [0.717, 1.165) is 18.6 Å². The molecule has 35 heavy (non-hydrogen) atoms. The lowest BCUT2D eigenvalue weighted by Gasteiger charge is -2.13. The van der Waals surface area contributed by atoms with E-state index >= 15 is 0 Å². The van der Waals surface area contributed by atoms with Gasteiger partial charge in [-0.25, -0.2) is 0 Å². The van der Waals surface area contributed by atoms with E-state index in [1.54, 1.807) is 43.5 Å². The van der Waals surface area contributed by atoms with Crippen LogP contribution in [0.3, 0.4) is 0 Å². The zero-order chi connectivity index (χ0) is 25.0. The van der Waals surface area contributed by atoms with Gasteiger partial charge in [0.1, 0.15) is 11.5 Å². The Kier molecular flexibility index (Phi) is 9.36. The number of carbonyl (C=O) groups is 2. The third kappa shape index (κ3) is 7.40. The van der Waals surface area contributed by atoms with Gasteiger partial charge >= 0.3 is 0 Å². The third-order valence-electron chi connectivity index (χ3n) is 5.25. The van der Waals surface area contributed by atoms with Crippen LogP contribution in [0.5, 0.6) is 23.0 Å². The van der Waals surface area contributed by atoms with Crippen molar-refractivity contribution in [3.63, 3.8) is 0 Å². The molecule has 0 aliphatic carbocycles. The number of anilines is 1. The first-order valence-electron chi connectivity index (χ1n) is 11.2. The van der Waals surface area contributed by atoms with Crippen LogP contribution in [0.2, 0.25) is 0 Å². The van der Waals surface area contributed by atoms with Crippen molar-refractivity contribution in [2.75, 3.05) is 39.8 Å². The van der Waals surface area contributed by atoms with E-state index in [1.165, 1.54) is 19.8 Å². The monoisotopic (exact) mass is 478 g/mol. The third-order valence-corrected chi connectivity index (χ3v) is 5.25. The van der Waals surface area contributed by atoms with Gasteiger partial charge in [0.05, 0.1) is 27.0 Å². The molecule has 8 nitrogen and oxygen atoms in total. The summed E-state index contributed by atoms with van der Waals surface area (Å²) in [5.74, 6) is 1.53. The number of ether oxygens (including phenoxy) is 4. The summed E-state index contributed by atoms with van der Waals surface area (Å²) in [6, 6.07) is 19.8. The average molecular weight is 479 g/mol. The molecule has 184 valence electrons. The van der Waals surface area contributed by atoms with Crippen LogP contribution in [-0.2, 0) is 11.2 Å². The summed E-state index contributed by atoms with van der Waals surface area (Å²) < 4.78 is 21.4. The maximum absolute atomic E-state index is 12.5. The quantitative estimate of drug-likeness (QED) is 0.381. The summed E-state index contributed by atoms with van der Waals surface area (Å²) in [4.78, 5) is 24.9. The topological polar surface area (TPSA) is 95.1 Å². The van der Waals surface area contributed by atoms with Gasteiger partial charge in [0, 0.05) is 12.1 Å². The molecule has 2 amide bonds. The van der Waals surface area contributed by atoms with Gasteiger partial charge in [0.2, 0.25) is 0 Å². The molecule has 3 aromatic carbocycles. The van der Waals surface area contributed by atoms with E-state index in [2.05, 4.69) is 10.6 Å². The van der Waals surface area contributed by atoms with Gasteiger partial charge in [-0.2, -0.15) is 0 Å². The molecule has 0 saturated carbocycles. The van der Waals surface area contributed by atoms with Crippen LogP contribution >= 0.6 is 0 Å². The second-order valence-electron chi connectivity index (χ2n) is 7.61. The van der Waals surface area contributed by atoms with Gasteiger partial charge in [-0.15, -0.1) is 0 Å². The first-order valence-corrected chi connectivity index (χ1v) is 11.2. The molecule has 0 bridgehead atoms. The van der Waals surface area contributed by atoms with E-state index in [9.17, 15) is 9.59 Å². The SMILES string of the molecule is COc1ccc(CCCNC(=O)c2ccc(OCC(=O)Nc3ccccc3OC)c(OC)c2)cc1. The fourth-order valence-corrected chi connectivity index (χ4v) is 3.39. The lowest BCUT2D eigenvalue weighted by atomic mass is 10.1. The second kappa shape index (κ2) is 12.9. The molecule has 0 aliphatic rings. The number of hydrogen-bond donors (Lipinski definition) is 2. The van der Waals surface area contributed by atoms with Crippen molar-refractivity contribution in [1.82, 2.24) is 5.32 Å². The minimum absolute atomic E-state index is 0.210. The lowest BCUT2D eigenvalue weighted by Crippen LogP contribution is -2.25. The molecule has 2 N–H and O–H groups in total. The van der Waals surface area contributed by atoms with E-state index in [1.807, 2.05) is 30.3 Å². The molecule has 0 spiro atoms. The molecule has 0 radical (unpaired) electrons. The van der Waals surface area contributed by atoms with Gasteiger partial charge in [-0.05, 0) is 60.9 Å². The number of carbonyl (C=O) groups excluding carboxylic acids is 2. The minimum Gasteiger partial charge on any atom is -0.497 e. The smallest absolute Gasteiger partial charge is 0.262 e. The van der Waals surface area contributed by atoms with Crippen LogP contribution in [-0.4, -0.2) is 46.3 Å². The molecule has 0 aromatic heterocycles. The Labute approximate surface area is 205 Å². The first-order chi connectivity index (χ1) is 17.0. The van der Waals surface area contributed by atoms with Crippen LogP contribution in [0, 0.1) is 0 Å². The van der Waals surface area contributed by atoms with Gasteiger partial charge in [-0.3, -0.25) is 9.59 Å². The lowest BCUT2D eigenvalue weighted by molar-refractivity contribution is -0.118. The Morgan fingerprint density at radius 3 is 2.26 bits per heavy atom. The minimum atomic E-state index is -0.352. The van der Waals surface area contributed by atoms with Crippen LogP contribution in [0.25, 0.3) is 0 Å². The number of aryl methyl sites for hydroxylation is 1. The van der Waals surface area contributed by atoms with E-state index < -0.39 is 0 Å². The van der Waals surface area contributed by atoms with Gasteiger partial charge in [-0.1, -0.05) is 24.3 Å².